The molecule has 115 heavy (non-hydrogen) atoms. The van der Waals surface area contributed by atoms with Crippen molar-refractivity contribution in [3.8, 4) is 72.4 Å². The van der Waals surface area contributed by atoms with Crippen molar-refractivity contribution in [3.63, 3.8) is 0 Å². The normalized spacial score (nSPS) is 13.7. The van der Waals surface area contributed by atoms with Crippen LogP contribution in [0.5, 0.6) is 0 Å². The first-order chi connectivity index (χ1) is 55.2. The minimum Gasteiger partial charge on any atom is -0.311 e. The summed E-state index contributed by atoms with van der Waals surface area (Å²) in [5.41, 5.74) is 38.3. The van der Waals surface area contributed by atoms with Crippen molar-refractivity contribution in [2.24, 2.45) is 0 Å². The molecular weight excluding hydrogens is 1390 g/mol. The fourth-order valence-electron chi connectivity index (χ4n) is 19.1. The van der Waals surface area contributed by atoms with Crippen molar-refractivity contribution in [1.29, 1.82) is 0 Å². The first-order valence-electron chi connectivity index (χ1n) is 41.3. The lowest BCUT2D eigenvalue weighted by atomic mass is 9.33. The predicted molar refractivity (Wildman–Crippen MR) is 493 cm³/mol. The average Bonchev–Trinajstić information content (AvgIpc) is 0.976. The van der Waals surface area contributed by atoms with Gasteiger partial charge in [-0.1, -0.05) is 377 Å². The highest BCUT2D eigenvalue weighted by atomic mass is 15.2. The topological polar surface area (TPSA) is 11.4 Å². The summed E-state index contributed by atoms with van der Waals surface area (Å²) < 4.78 is 2.62. The highest BCUT2D eigenvalue weighted by Gasteiger charge is 2.50. The third-order valence-electron chi connectivity index (χ3n) is 25.2. The Labute approximate surface area is 681 Å². The molecule has 3 aliphatic rings. The van der Waals surface area contributed by atoms with Crippen LogP contribution in [0.3, 0.4) is 0 Å². The highest BCUT2D eigenvalue weighted by Crippen LogP contribution is 2.60. The van der Waals surface area contributed by atoms with E-state index >= 15 is 0 Å². The highest BCUT2D eigenvalue weighted by molar-refractivity contribution is 7.00. The minimum atomic E-state index is -0.669. The molecule has 0 unspecified atom stereocenters. The zero-order chi connectivity index (χ0) is 79.4. The molecule has 1 aliphatic carbocycles. The predicted octanol–water partition coefficient (Wildman–Crippen LogP) is 28.1. The molecule has 0 amide bonds. The SMILES string of the molecule is CC(C)(C)c1cc(-c2ccc3c(c2)B2c4ccc(-c5cccc6c5C(c5ccccc5)(c5ccccc5)c5ccccc5-6)cc4N(c4ccc(C(C)(C)C)cc4-c4ccccc4)c4cc(-n5c6ccc(C(C)(C)C)cc6c6cc(C(C)(C)C)ccc65)cc(c42)N3c2c(-c3ccccc3)cccc2-c2ccccc2)cc(C(C)(C)C)c1. The second kappa shape index (κ2) is 27.0. The maximum Gasteiger partial charge on any atom is 0.252 e. The van der Waals surface area contributed by atoms with Gasteiger partial charge in [-0.3, -0.25) is 0 Å². The van der Waals surface area contributed by atoms with Crippen LogP contribution in [-0.2, 0) is 32.5 Å². The van der Waals surface area contributed by atoms with Crippen molar-refractivity contribution in [2.45, 2.75) is 136 Å². The van der Waals surface area contributed by atoms with Gasteiger partial charge < -0.3 is 14.4 Å². The summed E-state index contributed by atoms with van der Waals surface area (Å²) in [4.78, 5) is 5.44. The van der Waals surface area contributed by atoms with Gasteiger partial charge in [-0.15, -0.1) is 0 Å². The molecule has 0 bridgehead atoms. The molecule has 0 N–H and O–H groups in total. The number of fused-ring (bicyclic) bond motifs is 10. The Morgan fingerprint density at radius 1 is 0.252 bits per heavy atom. The molecule has 19 rings (SSSR count). The number of nitrogens with zero attached hydrogens (tertiary/aromatic N) is 3. The molecule has 0 saturated carbocycles. The van der Waals surface area contributed by atoms with Gasteiger partial charge in [0.25, 0.3) is 6.71 Å². The monoisotopic (exact) mass is 1490 g/mol. The second-order valence-corrected chi connectivity index (χ2v) is 37.7. The molecule has 0 saturated heterocycles. The number of hydrogen-bond acceptors (Lipinski definition) is 2. The first-order valence-corrected chi connectivity index (χ1v) is 41.3. The van der Waals surface area contributed by atoms with E-state index in [1.165, 1.54) is 105 Å². The lowest BCUT2D eigenvalue weighted by Gasteiger charge is -2.46. The van der Waals surface area contributed by atoms with E-state index in [9.17, 15) is 0 Å². The van der Waals surface area contributed by atoms with E-state index in [1.807, 2.05) is 0 Å². The fourth-order valence-corrected chi connectivity index (χ4v) is 19.1. The molecule has 15 aromatic carbocycles. The van der Waals surface area contributed by atoms with Crippen LogP contribution in [0.25, 0.3) is 94.3 Å². The lowest BCUT2D eigenvalue weighted by Crippen LogP contribution is -2.61. The summed E-state index contributed by atoms with van der Waals surface area (Å²) in [6.45, 7) is 35.0. The minimum absolute atomic E-state index is 0.101. The number of anilines is 6. The van der Waals surface area contributed by atoms with Gasteiger partial charge in [0.05, 0.1) is 33.5 Å². The van der Waals surface area contributed by atoms with E-state index in [4.69, 9.17) is 0 Å². The first kappa shape index (κ1) is 73.0. The van der Waals surface area contributed by atoms with Crippen LogP contribution in [0.2, 0.25) is 0 Å². The number of rotatable bonds is 10. The van der Waals surface area contributed by atoms with E-state index in [0.717, 1.165) is 89.8 Å². The van der Waals surface area contributed by atoms with Crippen LogP contribution in [0, 0.1) is 0 Å². The molecule has 0 fully saturated rings. The van der Waals surface area contributed by atoms with E-state index in [2.05, 4.69) is 452 Å². The standard InChI is InChI=1S/C111H100BN3/c1-106(2,3)79-53-58-96(90(66-79)73-39-25-18-26-40-73)114-100-64-75(85-46-33-49-89-88-45-31-32-50-93(88)111(103(85)89,77-41-27-19-28-42-77)78-43-29-20-30-44-78)51-56-94(100)112-95-63-74(76-61-82(109(10,11)12)65-83(62-76)110(13,14)15)52-57-99(95)115(105-86(71-35-21-16-22-36-71)47-34-48-87(105)72-37-23-17-24-38-72)102-70-84(69-101(114)104(102)112)113-97-59-54-80(107(4,5)6)67-91(97)92-68-81(108(7,8)9)55-60-98(92)113/h16-70H,1-15H3. The summed E-state index contributed by atoms with van der Waals surface area (Å²) in [5.74, 6) is 0. The summed E-state index contributed by atoms with van der Waals surface area (Å²) in [6, 6.07) is 129. The fraction of sp³-hybridized carbons (Fsp3) is 0.189. The van der Waals surface area contributed by atoms with Crippen molar-refractivity contribution < 1.29 is 0 Å². The Morgan fingerprint density at radius 3 is 1.22 bits per heavy atom. The molecule has 3 heterocycles. The Hall–Kier alpha value is -12.2. The van der Waals surface area contributed by atoms with E-state index in [-0.39, 0.29) is 33.8 Å². The van der Waals surface area contributed by atoms with E-state index in [1.54, 1.807) is 0 Å². The number of aromatic nitrogens is 1. The zero-order valence-electron chi connectivity index (χ0n) is 69.2. The van der Waals surface area contributed by atoms with Gasteiger partial charge in [-0.2, -0.15) is 0 Å². The van der Waals surface area contributed by atoms with E-state index < -0.39 is 5.41 Å². The average molecular weight is 1490 g/mol. The molecule has 4 heteroatoms. The van der Waals surface area contributed by atoms with Crippen molar-refractivity contribution in [2.75, 3.05) is 9.80 Å². The molecule has 16 aromatic rings. The maximum absolute atomic E-state index is 2.73. The number of para-hydroxylation sites is 1. The van der Waals surface area contributed by atoms with Gasteiger partial charge >= 0.3 is 0 Å². The second-order valence-electron chi connectivity index (χ2n) is 37.7. The molecule has 3 nitrogen and oxygen atoms in total. The van der Waals surface area contributed by atoms with Crippen LogP contribution < -0.4 is 26.2 Å². The molecule has 0 spiro atoms. The summed E-state index contributed by atoms with van der Waals surface area (Å²) in [7, 11) is 0. The quantitative estimate of drug-likeness (QED) is 0.126. The molecule has 2 aliphatic heterocycles. The molecule has 0 atom stereocenters. The third kappa shape index (κ3) is 12.1. The Kier molecular flexibility index (Phi) is 17.1. The Balaban J connectivity index is 1.00. The largest absolute Gasteiger partial charge is 0.311 e. The van der Waals surface area contributed by atoms with Crippen LogP contribution in [0.15, 0.2) is 334 Å². The number of hydrogen-bond donors (Lipinski definition) is 0. The van der Waals surface area contributed by atoms with E-state index in [0.29, 0.717) is 0 Å². The third-order valence-corrected chi connectivity index (χ3v) is 25.2. The van der Waals surface area contributed by atoms with Gasteiger partial charge in [0, 0.05) is 50.2 Å². The Morgan fingerprint density at radius 2 is 0.687 bits per heavy atom. The van der Waals surface area contributed by atoms with Crippen LogP contribution in [0.4, 0.5) is 34.1 Å². The zero-order valence-corrected chi connectivity index (χ0v) is 69.2. The summed E-state index contributed by atoms with van der Waals surface area (Å²) in [5, 5.41) is 2.49. The molecule has 562 valence electrons. The van der Waals surface area contributed by atoms with Crippen molar-refractivity contribution >= 4 is 79.0 Å². The van der Waals surface area contributed by atoms with Gasteiger partial charge in [-0.25, -0.2) is 0 Å². The van der Waals surface area contributed by atoms with Crippen LogP contribution >= 0.6 is 0 Å². The molecule has 0 radical (unpaired) electrons. The van der Waals surface area contributed by atoms with Gasteiger partial charge in [0.15, 0.2) is 0 Å². The Bertz CT molecular complexity index is 6330. The summed E-state index contributed by atoms with van der Waals surface area (Å²) >= 11 is 0. The maximum atomic E-state index is 2.73. The number of benzene rings is 15. The van der Waals surface area contributed by atoms with Gasteiger partial charge in [-0.05, 0) is 204 Å². The van der Waals surface area contributed by atoms with Crippen molar-refractivity contribution in [3.05, 3.63) is 384 Å². The smallest absolute Gasteiger partial charge is 0.252 e. The molecule has 1 aromatic heterocycles. The molecular formula is C111H100BN3. The van der Waals surface area contributed by atoms with Crippen LogP contribution in [-0.4, -0.2) is 11.3 Å². The lowest BCUT2D eigenvalue weighted by molar-refractivity contribution is 0.569. The van der Waals surface area contributed by atoms with Gasteiger partial charge in [0.2, 0.25) is 0 Å². The summed E-state index contributed by atoms with van der Waals surface area (Å²) in [6.07, 6.45) is 0. The van der Waals surface area contributed by atoms with Crippen LogP contribution in [0.1, 0.15) is 154 Å². The van der Waals surface area contributed by atoms with Crippen molar-refractivity contribution in [1.82, 2.24) is 4.57 Å². The van der Waals surface area contributed by atoms with Gasteiger partial charge in [0.1, 0.15) is 0 Å².